The first kappa shape index (κ1) is 21.9. The van der Waals surface area contributed by atoms with Crippen molar-refractivity contribution in [2.45, 2.75) is 31.2 Å². The zero-order valence-electron chi connectivity index (χ0n) is 16.1. The van der Waals surface area contributed by atoms with Crippen LogP contribution in [0.2, 0.25) is 10.0 Å². The molecule has 0 saturated heterocycles. The summed E-state index contributed by atoms with van der Waals surface area (Å²) in [5.41, 5.74) is 0.884. The highest BCUT2D eigenvalue weighted by Crippen LogP contribution is 2.37. The Morgan fingerprint density at radius 3 is 2.59 bits per heavy atom. The average molecular weight is 457 g/mol. The van der Waals surface area contributed by atoms with Gasteiger partial charge in [0.05, 0.1) is 33.2 Å². The Kier molecular flexibility index (Phi) is 6.73. The standard InChI is InChI=1S/C20H22Cl2N2O4S/c1-3-24(4-2)29(26,27)13-8-9-16(21)15(12-13)20(25)23-18-10-11-28-19-14(18)6-5-7-17(19)22/h5-9,12,18H,3-4,10-11H2,1-2H3,(H,23,25). The highest BCUT2D eigenvalue weighted by Gasteiger charge is 2.27. The van der Waals surface area contributed by atoms with Crippen LogP contribution >= 0.6 is 23.2 Å². The van der Waals surface area contributed by atoms with Gasteiger partial charge in [0.2, 0.25) is 10.0 Å². The normalized spacial score (nSPS) is 16.2. The van der Waals surface area contributed by atoms with Gasteiger partial charge in [-0.05, 0) is 24.3 Å². The Hall–Kier alpha value is -1.80. The third-order valence-corrected chi connectivity index (χ3v) is 7.53. The minimum absolute atomic E-state index is 0.0335. The highest BCUT2D eigenvalue weighted by atomic mass is 35.5. The number of nitrogens with one attached hydrogen (secondary N) is 1. The van der Waals surface area contributed by atoms with Crippen LogP contribution in [0.5, 0.6) is 5.75 Å². The quantitative estimate of drug-likeness (QED) is 0.703. The van der Waals surface area contributed by atoms with E-state index in [1.807, 2.05) is 6.07 Å². The van der Waals surface area contributed by atoms with E-state index in [0.717, 1.165) is 5.56 Å². The fourth-order valence-corrected chi connectivity index (χ4v) is 5.25. The molecule has 1 amide bonds. The number of hydrogen-bond donors (Lipinski definition) is 1. The summed E-state index contributed by atoms with van der Waals surface area (Å²) in [4.78, 5) is 13.0. The van der Waals surface area contributed by atoms with E-state index in [9.17, 15) is 13.2 Å². The third-order valence-electron chi connectivity index (χ3n) is 4.86. The zero-order valence-corrected chi connectivity index (χ0v) is 18.4. The van der Waals surface area contributed by atoms with Crippen LogP contribution < -0.4 is 10.1 Å². The lowest BCUT2D eigenvalue weighted by molar-refractivity contribution is 0.0924. The Bertz CT molecular complexity index is 1020. The molecule has 0 aliphatic carbocycles. The largest absolute Gasteiger partial charge is 0.492 e. The van der Waals surface area contributed by atoms with E-state index in [2.05, 4.69) is 5.32 Å². The third kappa shape index (κ3) is 4.38. The number of ether oxygens (including phenoxy) is 1. The smallest absolute Gasteiger partial charge is 0.253 e. The molecule has 1 aliphatic heterocycles. The average Bonchev–Trinajstić information content (AvgIpc) is 2.69. The molecule has 0 aromatic heterocycles. The van der Waals surface area contributed by atoms with Crippen molar-refractivity contribution < 1.29 is 17.9 Å². The summed E-state index contributed by atoms with van der Waals surface area (Å²) < 4.78 is 32.5. The van der Waals surface area contributed by atoms with Crippen LogP contribution in [0, 0.1) is 0 Å². The molecule has 0 spiro atoms. The van der Waals surface area contributed by atoms with Gasteiger partial charge < -0.3 is 10.1 Å². The summed E-state index contributed by atoms with van der Waals surface area (Å²) >= 11 is 12.4. The SMILES string of the molecule is CCN(CC)S(=O)(=O)c1ccc(Cl)c(C(=O)NC2CCOc3c(Cl)cccc32)c1. The molecular weight excluding hydrogens is 435 g/mol. The van der Waals surface area contributed by atoms with Crippen molar-refractivity contribution in [3.8, 4) is 5.75 Å². The van der Waals surface area contributed by atoms with E-state index in [0.29, 0.717) is 36.9 Å². The van der Waals surface area contributed by atoms with Gasteiger partial charge in [-0.2, -0.15) is 4.31 Å². The first-order valence-corrected chi connectivity index (χ1v) is 11.5. The fourth-order valence-electron chi connectivity index (χ4n) is 3.32. The number of hydrogen-bond acceptors (Lipinski definition) is 4. The van der Waals surface area contributed by atoms with Gasteiger partial charge in [-0.25, -0.2) is 8.42 Å². The first-order chi connectivity index (χ1) is 13.8. The van der Waals surface area contributed by atoms with Gasteiger partial charge in [0.15, 0.2) is 0 Å². The predicted molar refractivity (Wildman–Crippen MR) is 113 cm³/mol. The molecule has 0 bridgehead atoms. The number of rotatable bonds is 6. The van der Waals surface area contributed by atoms with Crippen LogP contribution in [0.4, 0.5) is 0 Å². The topological polar surface area (TPSA) is 75.7 Å². The summed E-state index contributed by atoms with van der Waals surface area (Å²) in [7, 11) is -3.70. The minimum atomic E-state index is -3.70. The van der Waals surface area contributed by atoms with Crippen molar-refractivity contribution in [3.05, 3.63) is 57.6 Å². The second-order valence-electron chi connectivity index (χ2n) is 6.55. The molecule has 1 atom stereocenters. The number of carbonyl (C=O) groups is 1. The lowest BCUT2D eigenvalue weighted by Crippen LogP contribution is -2.33. The Morgan fingerprint density at radius 2 is 1.90 bits per heavy atom. The Balaban J connectivity index is 1.91. The second kappa shape index (κ2) is 8.92. The lowest BCUT2D eigenvalue weighted by atomic mass is 10.00. The molecule has 1 aliphatic rings. The van der Waals surface area contributed by atoms with Gasteiger partial charge in [0, 0.05) is 25.1 Å². The van der Waals surface area contributed by atoms with Crippen LogP contribution in [0.3, 0.4) is 0 Å². The molecule has 156 valence electrons. The number of sulfonamides is 1. The molecule has 0 fully saturated rings. The summed E-state index contributed by atoms with van der Waals surface area (Å²) in [6.07, 6.45) is 0.564. The maximum atomic E-state index is 12.9. The van der Waals surface area contributed by atoms with Gasteiger partial charge in [0.1, 0.15) is 5.75 Å². The molecule has 29 heavy (non-hydrogen) atoms. The molecule has 0 saturated carbocycles. The molecule has 1 unspecified atom stereocenters. The first-order valence-electron chi connectivity index (χ1n) is 9.31. The van der Waals surface area contributed by atoms with Crippen LogP contribution in [-0.2, 0) is 10.0 Å². The van der Waals surface area contributed by atoms with Crippen LogP contribution in [0.15, 0.2) is 41.3 Å². The van der Waals surface area contributed by atoms with Crippen molar-refractivity contribution in [1.82, 2.24) is 9.62 Å². The van der Waals surface area contributed by atoms with Crippen LogP contribution in [0.25, 0.3) is 0 Å². The van der Waals surface area contributed by atoms with Gasteiger partial charge in [-0.1, -0.05) is 49.2 Å². The number of carbonyl (C=O) groups excluding carboxylic acids is 1. The van der Waals surface area contributed by atoms with Gasteiger partial charge in [-0.15, -0.1) is 0 Å². The number of fused-ring (bicyclic) bond motifs is 1. The molecular formula is C20H22Cl2N2O4S. The Morgan fingerprint density at radius 1 is 1.17 bits per heavy atom. The number of para-hydroxylation sites is 1. The second-order valence-corrected chi connectivity index (χ2v) is 9.30. The van der Waals surface area contributed by atoms with E-state index >= 15 is 0 Å². The lowest BCUT2D eigenvalue weighted by Gasteiger charge is -2.27. The van der Waals surface area contributed by atoms with E-state index < -0.39 is 15.9 Å². The number of amides is 1. The van der Waals surface area contributed by atoms with Crippen molar-refractivity contribution in [2.75, 3.05) is 19.7 Å². The Labute approximate surface area is 180 Å². The van der Waals surface area contributed by atoms with E-state index in [-0.39, 0.29) is 21.5 Å². The summed E-state index contributed by atoms with van der Waals surface area (Å²) in [6, 6.07) is 9.21. The van der Waals surface area contributed by atoms with Crippen molar-refractivity contribution >= 4 is 39.1 Å². The maximum absolute atomic E-state index is 12.9. The molecule has 2 aromatic carbocycles. The highest BCUT2D eigenvalue weighted by molar-refractivity contribution is 7.89. The fraction of sp³-hybridized carbons (Fsp3) is 0.350. The number of benzene rings is 2. The molecule has 1 N–H and O–H groups in total. The predicted octanol–water partition coefficient (Wildman–Crippen LogP) is 4.28. The van der Waals surface area contributed by atoms with Gasteiger partial charge in [-0.3, -0.25) is 4.79 Å². The molecule has 3 rings (SSSR count). The maximum Gasteiger partial charge on any atom is 0.253 e. The zero-order chi connectivity index (χ0) is 21.2. The minimum Gasteiger partial charge on any atom is -0.492 e. The number of nitrogens with zero attached hydrogens (tertiary/aromatic N) is 1. The van der Waals surface area contributed by atoms with Crippen molar-refractivity contribution in [1.29, 1.82) is 0 Å². The van der Waals surface area contributed by atoms with Gasteiger partial charge in [0.25, 0.3) is 5.91 Å². The van der Waals surface area contributed by atoms with Crippen molar-refractivity contribution in [2.24, 2.45) is 0 Å². The van der Waals surface area contributed by atoms with E-state index in [1.54, 1.807) is 26.0 Å². The monoisotopic (exact) mass is 456 g/mol. The van der Waals surface area contributed by atoms with Crippen LogP contribution in [-0.4, -0.2) is 38.3 Å². The van der Waals surface area contributed by atoms with Gasteiger partial charge >= 0.3 is 0 Å². The molecule has 6 nitrogen and oxygen atoms in total. The summed E-state index contributed by atoms with van der Waals surface area (Å²) in [5.74, 6) is 0.0964. The summed E-state index contributed by atoms with van der Waals surface area (Å²) in [5, 5.41) is 3.58. The van der Waals surface area contributed by atoms with E-state index in [4.69, 9.17) is 27.9 Å². The summed E-state index contributed by atoms with van der Waals surface area (Å²) in [6.45, 7) is 4.60. The molecule has 0 radical (unpaired) electrons. The van der Waals surface area contributed by atoms with Crippen molar-refractivity contribution in [3.63, 3.8) is 0 Å². The van der Waals surface area contributed by atoms with E-state index in [1.165, 1.54) is 22.5 Å². The van der Waals surface area contributed by atoms with Crippen LogP contribution in [0.1, 0.15) is 42.2 Å². The molecule has 1 heterocycles. The number of halogens is 2. The molecule has 9 heteroatoms. The molecule has 2 aromatic rings.